The molecule has 102 valence electrons. The van der Waals surface area contributed by atoms with Crippen molar-refractivity contribution < 1.29 is 4.79 Å². The molecule has 0 aromatic heterocycles. The average molecular weight is 260 g/mol. The first-order chi connectivity index (χ1) is 8.20. The highest BCUT2D eigenvalue weighted by Gasteiger charge is 2.05. The number of carbonyl (C=O) groups excluding carboxylic acids is 1. The van der Waals surface area contributed by atoms with E-state index in [1.807, 2.05) is 11.8 Å². The number of nitrogens with one attached hydrogen (secondary N) is 2. The maximum atomic E-state index is 11.5. The maximum absolute atomic E-state index is 11.5. The Hall–Kier alpha value is -0.220. The van der Waals surface area contributed by atoms with Gasteiger partial charge in [0.25, 0.3) is 0 Å². The molecule has 0 fully saturated rings. The maximum Gasteiger partial charge on any atom is 0.234 e. The van der Waals surface area contributed by atoms with Crippen molar-refractivity contribution in [3.05, 3.63) is 0 Å². The number of unbranched alkanes of at least 4 members (excludes halogenated alkanes) is 2. The van der Waals surface area contributed by atoms with E-state index >= 15 is 0 Å². The monoisotopic (exact) mass is 260 g/mol. The zero-order valence-corrected chi connectivity index (χ0v) is 12.4. The molecular weight excluding hydrogens is 232 g/mol. The van der Waals surface area contributed by atoms with Crippen molar-refractivity contribution in [3.63, 3.8) is 0 Å². The summed E-state index contributed by atoms with van der Waals surface area (Å²) in [6.07, 6.45) is 8.01. The lowest BCUT2D eigenvalue weighted by atomic mass is 10.2. The summed E-state index contributed by atoms with van der Waals surface area (Å²) >= 11 is 1.90. The van der Waals surface area contributed by atoms with E-state index in [1.54, 1.807) is 0 Å². The normalized spacial score (nSPS) is 12.4. The van der Waals surface area contributed by atoms with Crippen molar-refractivity contribution in [1.29, 1.82) is 0 Å². The molecule has 1 atom stereocenters. The van der Waals surface area contributed by atoms with Crippen molar-refractivity contribution in [2.45, 2.75) is 52.0 Å². The Labute approximate surface area is 111 Å². The fourth-order valence-electron chi connectivity index (χ4n) is 1.71. The molecule has 1 amide bonds. The minimum absolute atomic E-state index is 0.120. The average Bonchev–Trinajstić information content (AvgIpc) is 2.28. The van der Waals surface area contributed by atoms with Crippen LogP contribution in [0.2, 0.25) is 0 Å². The molecule has 0 rings (SSSR count). The number of thioether (sulfide) groups is 1. The molecule has 4 heteroatoms. The minimum Gasteiger partial charge on any atom is -0.353 e. The van der Waals surface area contributed by atoms with Gasteiger partial charge in [0.2, 0.25) is 5.91 Å². The Balaban J connectivity index is 3.27. The van der Waals surface area contributed by atoms with E-state index < -0.39 is 0 Å². The van der Waals surface area contributed by atoms with E-state index in [0.29, 0.717) is 12.6 Å². The van der Waals surface area contributed by atoms with Gasteiger partial charge >= 0.3 is 0 Å². The fraction of sp³-hybridized carbons (Fsp3) is 0.923. The summed E-state index contributed by atoms with van der Waals surface area (Å²) in [5.41, 5.74) is 0. The van der Waals surface area contributed by atoms with Gasteiger partial charge in [0.05, 0.1) is 6.54 Å². The van der Waals surface area contributed by atoms with Crippen LogP contribution >= 0.6 is 11.8 Å². The molecule has 0 bridgehead atoms. The number of rotatable bonds is 11. The molecule has 0 aliphatic heterocycles. The van der Waals surface area contributed by atoms with E-state index in [9.17, 15) is 4.79 Å². The van der Waals surface area contributed by atoms with E-state index in [-0.39, 0.29) is 5.91 Å². The lowest BCUT2D eigenvalue weighted by Gasteiger charge is -2.13. The topological polar surface area (TPSA) is 41.1 Å². The Kier molecular flexibility index (Phi) is 12.1. The van der Waals surface area contributed by atoms with Crippen molar-refractivity contribution in [3.8, 4) is 0 Å². The van der Waals surface area contributed by atoms with Gasteiger partial charge in [-0.3, -0.25) is 4.79 Å². The number of carbonyl (C=O) groups is 1. The fourth-order valence-corrected chi connectivity index (χ4v) is 2.20. The lowest BCUT2D eigenvalue weighted by Crippen LogP contribution is -2.39. The predicted molar refractivity (Wildman–Crippen MR) is 77.6 cm³/mol. The van der Waals surface area contributed by atoms with E-state index in [1.165, 1.54) is 25.0 Å². The highest BCUT2D eigenvalue weighted by Crippen LogP contribution is 2.01. The Morgan fingerprint density at radius 1 is 1.29 bits per heavy atom. The number of hydrogen-bond donors (Lipinski definition) is 2. The molecule has 0 aromatic carbocycles. The predicted octanol–water partition coefficient (Wildman–Crippen LogP) is 2.41. The summed E-state index contributed by atoms with van der Waals surface area (Å²) in [6, 6.07) is 0.302. The molecule has 17 heavy (non-hydrogen) atoms. The summed E-state index contributed by atoms with van der Waals surface area (Å²) < 4.78 is 0. The molecule has 0 saturated carbocycles. The van der Waals surface area contributed by atoms with Crippen molar-refractivity contribution in [1.82, 2.24) is 10.6 Å². The van der Waals surface area contributed by atoms with Crippen LogP contribution in [0.25, 0.3) is 0 Å². The molecule has 0 spiro atoms. The number of amides is 1. The van der Waals surface area contributed by atoms with Gasteiger partial charge in [-0.05, 0) is 44.7 Å². The van der Waals surface area contributed by atoms with Crippen LogP contribution in [0.15, 0.2) is 0 Å². The van der Waals surface area contributed by atoms with Gasteiger partial charge in [-0.1, -0.05) is 19.8 Å². The van der Waals surface area contributed by atoms with E-state index in [4.69, 9.17) is 0 Å². The minimum atomic E-state index is 0.120. The molecule has 3 nitrogen and oxygen atoms in total. The lowest BCUT2D eigenvalue weighted by molar-refractivity contribution is -0.120. The first-order valence-electron chi connectivity index (χ1n) is 6.69. The highest BCUT2D eigenvalue weighted by atomic mass is 32.2. The van der Waals surface area contributed by atoms with Gasteiger partial charge in [0, 0.05) is 6.04 Å². The molecule has 0 aromatic rings. The summed E-state index contributed by atoms with van der Waals surface area (Å²) in [5.74, 6) is 1.37. The molecular formula is C13H28N2OS. The third-order valence-electron chi connectivity index (χ3n) is 2.62. The molecule has 0 heterocycles. The third-order valence-corrected chi connectivity index (χ3v) is 3.31. The van der Waals surface area contributed by atoms with Crippen LogP contribution in [-0.4, -0.2) is 37.0 Å². The second-order valence-corrected chi connectivity index (χ2v) is 5.47. The standard InChI is InChI=1S/C13H28N2OS/c1-4-8-12(2)15-13(16)11-14-9-6-5-7-10-17-3/h12,14H,4-11H2,1-3H3,(H,15,16). The Morgan fingerprint density at radius 3 is 2.71 bits per heavy atom. The van der Waals surface area contributed by atoms with Crippen LogP contribution in [0.3, 0.4) is 0 Å². The molecule has 1 unspecified atom stereocenters. The summed E-state index contributed by atoms with van der Waals surface area (Å²) in [4.78, 5) is 11.5. The summed E-state index contributed by atoms with van der Waals surface area (Å²) in [6.45, 7) is 5.60. The Bertz CT molecular complexity index is 188. The quantitative estimate of drug-likeness (QED) is 0.561. The number of hydrogen-bond acceptors (Lipinski definition) is 3. The molecule has 0 radical (unpaired) electrons. The SMILES string of the molecule is CCCC(C)NC(=O)CNCCCCCSC. The largest absolute Gasteiger partial charge is 0.353 e. The van der Waals surface area contributed by atoms with Crippen molar-refractivity contribution in [2.75, 3.05) is 25.1 Å². The molecule has 2 N–H and O–H groups in total. The van der Waals surface area contributed by atoms with Crippen LogP contribution in [0.4, 0.5) is 0 Å². The van der Waals surface area contributed by atoms with Crippen molar-refractivity contribution >= 4 is 17.7 Å². The Morgan fingerprint density at radius 2 is 2.06 bits per heavy atom. The summed E-state index contributed by atoms with van der Waals surface area (Å²) in [5, 5.41) is 6.18. The van der Waals surface area contributed by atoms with Gasteiger partial charge < -0.3 is 10.6 Å². The van der Waals surface area contributed by atoms with Gasteiger partial charge in [-0.15, -0.1) is 0 Å². The van der Waals surface area contributed by atoms with Gasteiger partial charge in [0.15, 0.2) is 0 Å². The van der Waals surface area contributed by atoms with Crippen LogP contribution in [-0.2, 0) is 4.79 Å². The third kappa shape index (κ3) is 12.0. The zero-order valence-electron chi connectivity index (χ0n) is 11.6. The first kappa shape index (κ1) is 16.8. The van der Waals surface area contributed by atoms with Crippen LogP contribution in [0.1, 0.15) is 46.0 Å². The van der Waals surface area contributed by atoms with Crippen molar-refractivity contribution in [2.24, 2.45) is 0 Å². The van der Waals surface area contributed by atoms with Gasteiger partial charge in [-0.2, -0.15) is 11.8 Å². The second kappa shape index (κ2) is 12.2. The van der Waals surface area contributed by atoms with E-state index in [2.05, 4.69) is 30.7 Å². The van der Waals surface area contributed by atoms with Crippen LogP contribution < -0.4 is 10.6 Å². The smallest absolute Gasteiger partial charge is 0.234 e. The van der Waals surface area contributed by atoms with Crippen LogP contribution in [0, 0.1) is 0 Å². The molecule has 0 aliphatic carbocycles. The van der Waals surface area contributed by atoms with Crippen LogP contribution in [0.5, 0.6) is 0 Å². The second-order valence-electron chi connectivity index (χ2n) is 4.49. The first-order valence-corrected chi connectivity index (χ1v) is 8.09. The van der Waals surface area contributed by atoms with Gasteiger partial charge in [-0.25, -0.2) is 0 Å². The summed E-state index contributed by atoms with van der Waals surface area (Å²) in [7, 11) is 0. The molecule has 0 aliphatic rings. The van der Waals surface area contributed by atoms with Gasteiger partial charge in [0.1, 0.15) is 0 Å². The molecule has 0 saturated heterocycles. The zero-order chi connectivity index (χ0) is 12.9. The highest BCUT2D eigenvalue weighted by molar-refractivity contribution is 7.98. The van der Waals surface area contributed by atoms with E-state index in [0.717, 1.165) is 19.4 Å².